The highest BCUT2D eigenvalue weighted by atomic mass is 35.5. The number of benzene rings is 3. The van der Waals surface area contributed by atoms with Gasteiger partial charge < -0.3 is 10.2 Å². The summed E-state index contributed by atoms with van der Waals surface area (Å²) in [6.45, 7) is 3.58. The molecule has 1 atom stereocenters. The normalized spacial score (nSPS) is 12.8. The summed E-state index contributed by atoms with van der Waals surface area (Å²) in [5, 5.41) is 23.2. The standard InChI is InChI=1S/C29H28ClNO2.CH4O3S/c1-29(2,33)26-10-6-4-8-21(26)14-18-28(32)25-9-5-3-7-20(25)12-16-24-17-13-22-11-15-23(30)19-27(22)31-24;1-5(2,3)4/h3-13,15-17,19,28,32-33H,14,18H2,1-2H3;1H3,(H,2,3,4). The van der Waals surface area contributed by atoms with Crippen LogP contribution >= 0.6 is 11.6 Å². The summed E-state index contributed by atoms with van der Waals surface area (Å²) in [5.41, 5.74) is 4.53. The highest BCUT2D eigenvalue weighted by molar-refractivity contribution is 7.85. The van der Waals surface area contributed by atoms with Crippen molar-refractivity contribution in [2.45, 2.75) is 38.4 Å². The average molecular weight is 554 g/mol. The van der Waals surface area contributed by atoms with E-state index in [1.807, 2.05) is 91.0 Å². The Hall–Kier alpha value is -3.07. The van der Waals surface area contributed by atoms with Crippen LogP contribution in [0.2, 0.25) is 5.02 Å². The SMILES string of the molecule is CC(C)(O)c1ccccc1CCC(O)c1ccccc1C=Cc1ccc2ccc(Cl)cc2n1.CS(=O)(=O)O. The molecule has 0 saturated heterocycles. The maximum Gasteiger partial charge on any atom is 0.261 e. The number of halogens is 1. The lowest BCUT2D eigenvalue weighted by atomic mass is 9.89. The van der Waals surface area contributed by atoms with Crippen molar-refractivity contribution in [3.63, 3.8) is 0 Å². The minimum Gasteiger partial charge on any atom is -0.388 e. The van der Waals surface area contributed by atoms with E-state index in [1.54, 1.807) is 13.8 Å². The highest BCUT2D eigenvalue weighted by Crippen LogP contribution is 2.28. The van der Waals surface area contributed by atoms with Crippen molar-refractivity contribution in [1.29, 1.82) is 0 Å². The lowest BCUT2D eigenvalue weighted by Gasteiger charge is -2.22. The van der Waals surface area contributed by atoms with Gasteiger partial charge >= 0.3 is 0 Å². The van der Waals surface area contributed by atoms with Crippen LogP contribution in [0.1, 0.15) is 54.3 Å². The molecule has 3 N–H and O–H groups in total. The first-order valence-electron chi connectivity index (χ1n) is 12.1. The van der Waals surface area contributed by atoms with Gasteiger partial charge in [-0.25, -0.2) is 4.98 Å². The Balaban J connectivity index is 0.000000732. The summed E-state index contributed by atoms with van der Waals surface area (Å²) < 4.78 is 25.9. The van der Waals surface area contributed by atoms with E-state index in [1.165, 1.54) is 0 Å². The second-order valence-electron chi connectivity index (χ2n) is 9.54. The van der Waals surface area contributed by atoms with Crippen molar-refractivity contribution < 1.29 is 23.2 Å². The fourth-order valence-corrected chi connectivity index (χ4v) is 4.29. The second-order valence-corrected chi connectivity index (χ2v) is 11.4. The van der Waals surface area contributed by atoms with Crippen LogP contribution in [0.4, 0.5) is 0 Å². The Kier molecular flexibility index (Phi) is 9.82. The molecule has 0 fully saturated rings. The predicted molar refractivity (Wildman–Crippen MR) is 155 cm³/mol. The number of nitrogens with zero attached hydrogens (tertiary/aromatic N) is 1. The molecule has 200 valence electrons. The van der Waals surface area contributed by atoms with Crippen LogP contribution < -0.4 is 0 Å². The van der Waals surface area contributed by atoms with Gasteiger partial charge in [-0.2, -0.15) is 8.42 Å². The van der Waals surface area contributed by atoms with E-state index in [-0.39, 0.29) is 0 Å². The summed E-state index contributed by atoms with van der Waals surface area (Å²) in [6.07, 6.45) is 5.27. The number of rotatable bonds is 7. The van der Waals surface area contributed by atoms with Crippen LogP contribution in [0.25, 0.3) is 23.1 Å². The number of pyridine rings is 1. The van der Waals surface area contributed by atoms with E-state index >= 15 is 0 Å². The molecule has 3 aromatic carbocycles. The number of hydrogen-bond acceptors (Lipinski definition) is 5. The van der Waals surface area contributed by atoms with Crippen LogP contribution in [0.5, 0.6) is 0 Å². The van der Waals surface area contributed by atoms with Gasteiger partial charge in [0.05, 0.1) is 29.2 Å². The lowest BCUT2D eigenvalue weighted by molar-refractivity contribution is 0.0772. The average Bonchev–Trinajstić information content (AvgIpc) is 2.84. The number of aliphatic hydroxyl groups is 2. The molecule has 0 saturated carbocycles. The number of aromatic nitrogens is 1. The zero-order valence-corrected chi connectivity index (χ0v) is 23.1. The van der Waals surface area contributed by atoms with Gasteiger partial charge in [0, 0.05) is 10.4 Å². The van der Waals surface area contributed by atoms with Crippen molar-refractivity contribution in [3.05, 3.63) is 112 Å². The third-order valence-corrected chi connectivity index (χ3v) is 6.06. The molecular weight excluding hydrogens is 522 g/mol. The summed E-state index contributed by atoms with van der Waals surface area (Å²) in [7, 11) is -3.67. The quantitative estimate of drug-likeness (QED) is 0.227. The second kappa shape index (κ2) is 12.7. The van der Waals surface area contributed by atoms with E-state index in [4.69, 9.17) is 16.2 Å². The molecule has 38 heavy (non-hydrogen) atoms. The molecule has 0 radical (unpaired) electrons. The van der Waals surface area contributed by atoms with Gasteiger partial charge in [-0.05, 0) is 73.2 Å². The third-order valence-electron chi connectivity index (χ3n) is 5.83. The topological polar surface area (TPSA) is 108 Å². The lowest BCUT2D eigenvalue weighted by Crippen LogP contribution is -2.18. The summed E-state index contributed by atoms with van der Waals surface area (Å²) in [5.74, 6) is 0. The maximum atomic E-state index is 11.0. The van der Waals surface area contributed by atoms with Gasteiger partial charge in [-0.1, -0.05) is 78.3 Å². The minimum atomic E-state index is -3.67. The smallest absolute Gasteiger partial charge is 0.261 e. The molecule has 1 aromatic heterocycles. The molecule has 0 bridgehead atoms. The van der Waals surface area contributed by atoms with Crippen molar-refractivity contribution in [2.75, 3.05) is 6.26 Å². The predicted octanol–water partition coefficient (Wildman–Crippen LogP) is 6.46. The molecular formula is C30H32ClNO5S. The van der Waals surface area contributed by atoms with Crippen LogP contribution in [-0.2, 0) is 22.1 Å². The molecule has 1 heterocycles. The molecule has 0 aliphatic rings. The van der Waals surface area contributed by atoms with Gasteiger partial charge in [-0.3, -0.25) is 4.55 Å². The van der Waals surface area contributed by atoms with Crippen LogP contribution in [0.15, 0.2) is 78.9 Å². The molecule has 4 aromatic rings. The van der Waals surface area contributed by atoms with Crippen LogP contribution in [0.3, 0.4) is 0 Å². The Morgan fingerprint density at radius 3 is 2.32 bits per heavy atom. The number of fused-ring (bicyclic) bond motifs is 1. The molecule has 0 aliphatic heterocycles. The number of aryl methyl sites for hydroxylation is 1. The van der Waals surface area contributed by atoms with Crippen LogP contribution in [0, 0.1) is 0 Å². The van der Waals surface area contributed by atoms with E-state index < -0.39 is 21.8 Å². The van der Waals surface area contributed by atoms with E-state index in [2.05, 4.69) is 4.98 Å². The van der Waals surface area contributed by atoms with Crippen LogP contribution in [-0.4, -0.2) is 34.4 Å². The van der Waals surface area contributed by atoms with E-state index in [0.29, 0.717) is 24.1 Å². The molecule has 6 nitrogen and oxygen atoms in total. The van der Waals surface area contributed by atoms with Gasteiger partial charge in [-0.15, -0.1) is 0 Å². The highest BCUT2D eigenvalue weighted by Gasteiger charge is 2.20. The largest absolute Gasteiger partial charge is 0.388 e. The Morgan fingerprint density at radius 1 is 0.974 bits per heavy atom. The number of aliphatic hydroxyl groups excluding tert-OH is 1. The maximum absolute atomic E-state index is 11.0. The molecule has 0 spiro atoms. The first-order chi connectivity index (χ1) is 17.8. The summed E-state index contributed by atoms with van der Waals surface area (Å²) >= 11 is 6.11. The van der Waals surface area contributed by atoms with Crippen molar-refractivity contribution in [3.8, 4) is 0 Å². The molecule has 4 rings (SSSR count). The first kappa shape index (κ1) is 29.5. The third kappa shape index (κ3) is 9.04. The zero-order chi connectivity index (χ0) is 27.9. The minimum absolute atomic E-state index is 0.560. The Labute approximate surface area is 229 Å². The zero-order valence-electron chi connectivity index (χ0n) is 21.5. The van der Waals surface area contributed by atoms with Crippen molar-refractivity contribution in [2.24, 2.45) is 0 Å². The van der Waals surface area contributed by atoms with Gasteiger partial charge in [0.2, 0.25) is 0 Å². The fraction of sp³-hybridized carbons (Fsp3) is 0.233. The summed E-state index contributed by atoms with van der Waals surface area (Å²) in [4.78, 5) is 4.68. The number of hydrogen-bond donors (Lipinski definition) is 3. The molecule has 1 unspecified atom stereocenters. The molecule has 8 heteroatoms. The Morgan fingerprint density at radius 2 is 1.61 bits per heavy atom. The van der Waals surface area contributed by atoms with Gasteiger partial charge in [0.15, 0.2) is 0 Å². The first-order valence-corrected chi connectivity index (χ1v) is 14.3. The van der Waals surface area contributed by atoms with Crippen molar-refractivity contribution in [1.82, 2.24) is 4.98 Å². The van der Waals surface area contributed by atoms with Gasteiger partial charge in [0.25, 0.3) is 10.1 Å². The fourth-order valence-electron chi connectivity index (χ4n) is 4.12. The molecule has 0 amide bonds. The van der Waals surface area contributed by atoms with Gasteiger partial charge in [0.1, 0.15) is 0 Å². The van der Waals surface area contributed by atoms with E-state index in [0.717, 1.165) is 38.9 Å². The monoisotopic (exact) mass is 553 g/mol. The van der Waals surface area contributed by atoms with E-state index in [9.17, 15) is 18.6 Å². The Bertz CT molecular complexity index is 1520. The molecule has 0 aliphatic carbocycles. The summed E-state index contributed by atoms with van der Waals surface area (Å²) in [6, 6.07) is 25.4. The van der Waals surface area contributed by atoms with Crippen molar-refractivity contribution >= 4 is 44.8 Å².